The van der Waals surface area contributed by atoms with Crippen molar-refractivity contribution in [1.82, 2.24) is 5.32 Å². The van der Waals surface area contributed by atoms with Crippen LogP contribution in [-0.4, -0.2) is 36.6 Å². The zero-order valence-corrected chi connectivity index (χ0v) is 13.4. The first-order chi connectivity index (χ1) is 9.66. The zero-order valence-electron chi connectivity index (χ0n) is 11.1. The Morgan fingerprint density at radius 3 is 2.62 bits per heavy atom. The Bertz CT molecular complexity index is 679. The maximum absolute atomic E-state index is 13.6. The molecule has 6 nitrogen and oxygen atoms in total. The maximum Gasteiger partial charge on any atom is 0.252 e. The molecule has 0 spiro atoms. The Balaban J connectivity index is 2.99. The van der Waals surface area contributed by atoms with Crippen LogP contribution >= 0.6 is 11.6 Å². The standard InChI is InChI=1S/C11H14ClFN2O4S2/c1-2-20(17)4-3-15-11(16)8-5-7(21(14,18)19)6-9(13)10(8)12/h5-6H,2-4H2,1H3,(H,15,16)(H2,14,18,19). The number of sulfonamides is 1. The second-order valence-corrected chi connectivity index (χ2v) is 7.80. The number of amides is 1. The van der Waals surface area contributed by atoms with Crippen molar-refractivity contribution >= 4 is 38.3 Å². The van der Waals surface area contributed by atoms with Gasteiger partial charge in [0.05, 0.1) is 15.5 Å². The third-order valence-corrected chi connectivity index (χ3v) is 5.09. The monoisotopic (exact) mass is 356 g/mol. The van der Waals surface area contributed by atoms with E-state index in [2.05, 4.69) is 5.32 Å². The average Bonchev–Trinajstić information content (AvgIpc) is 2.39. The number of carbonyl (C=O) groups excluding carboxylic acids is 1. The molecule has 118 valence electrons. The van der Waals surface area contributed by atoms with Crippen LogP contribution in [0.3, 0.4) is 0 Å². The number of rotatable bonds is 6. The van der Waals surface area contributed by atoms with Gasteiger partial charge in [-0.1, -0.05) is 18.5 Å². The summed E-state index contributed by atoms with van der Waals surface area (Å²) in [7, 11) is -5.23. The number of nitrogens with two attached hydrogens (primary N) is 1. The van der Waals surface area contributed by atoms with Crippen LogP contribution in [0.1, 0.15) is 17.3 Å². The lowest BCUT2D eigenvalue weighted by Crippen LogP contribution is -2.28. The van der Waals surface area contributed by atoms with Crippen molar-refractivity contribution in [3.05, 3.63) is 28.5 Å². The quantitative estimate of drug-likeness (QED) is 0.779. The van der Waals surface area contributed by atoms with Gasteiger partial charge < -0.3 is 5.32 Å². The third kappa shape index (κ3) is 5.03. The van der Waals surface area contributed by atoms with Crippen LogP contribution in [0.5, 0.6) is 0 Å². The first-order valence-electron chi connectivity index (χ1n) is 5.81. The molecule has 1 aromatic carbocycles. The molecule has 0 aliphatic heterocycles. The van der Waals surface area contributed by atoms with Gasteiger partial charge in [-0.05, 0) is 12.1 Å². The van der Waals surface area contributed by atoms with Crippen LogP contribution in [0.15, 0.2) is 17.0 Å². The van der Waals surface area contributed by atoms with E-state index in [1.807, 2.05) is 0 Å². The highest BCUT2D eigenvalue weighted by molar-refractivity contribution is 7.89. The van der Waals surface area contributed by atoms with Gasteiger partial charge in [0.15, 0.2) is 0 Å². The Hall–Kier alpha value is -1.03. The number of benzene rings is 1. The van der Waals surface area contributed by atoms with Crippen molar-refractivity contribution in [3.8, 4) is 0 Å². The molecule has 3 N–H and O–H groups in total. The van der Waals surface area contributed by atoms with Crippen LogP contribution in [0, 0.1) is 5.82 Å². The van der Waals surface area contributed by atoms with Crippen molar-refractivity contribution in [2.24, 2.45) is 5.14 Å². The number of hydrogen-bond acceptors (Lipinski definition) is 4. The maximum atomic E-state index is 13.6. The van der Waals surface area contributed by atoms with Gasteiger partial charge in [0.25, 0.3) is 5.91 Å². The topological polar surface area (TPSA) is 106 Å². The molecule has 1 aromatic rings. The molecule has 0 bridgehead atoms. The first-order valence-corrected chi connectivity index (χ1v) is 9.23. The molecule has 10 heteroatoms. The molecule has 0 aliphatic carbocycles. The summed E-state index contributed by atoms with van der Waals surface area (Å²) in [5, 5.41) is 6.78. The normalized spacial score (nSPS) is 13.0. The van der Waals surface area contributed by atoms with Crippen LogP contribution in [0.25, 0.3) is 0 Å². The summed E-state index contributed by atoms with van der Waals surface area (Å²) < 4.78 is 47.2. The summed E-state index contributed by atoms with van der Waals surface area (Å²) in [6.07, 6.45) is 0. The molecule has 0 aromatic heterocycles. The number of hydrogen-bond donors (Lipinski definition) is 2. The summed E-state index contributed by atoms with van der Waals surface area (Å²) in [5.41, 5.74) is -0.344. The smallest absolute Gasteiger partial charge is 0.252 e. The largest absolute Gasteiger partial charge is 0.351 e. The average molecular weight is 357 g/mol. The molecule has 21 heavy (non-hydrogen) atoms. The van der Waals surface area contributed by atoms with E-state index in [0.717, 1.165) is 6.07 Å². The lowest BCUT2D eigenvalue weighted by Gasteiger charge is -2.09. The molecule has 0 aliphatic rings. The van der Waals surface area contributed by atoms with Crippen LogP contribution in [0.2, 0.25) is 5.02 Å². The van der Waals surface area contributed by atoms with Crippen LogP contribution in [-0.2, 0) is 20.8 Å². The summed E-state index contributed by atoms with van der Waals surface area (Å²) in [6.45, 7) is 1.83. The fourth-order valence-electron chi connectivity index (χ4n) is 1.41. The molecule has 1 amide bonds. The Morgan fingerprint density at radius 1 is 1.48 bits per heavy atom. The Labute approximate surface area is 129 Å². The van der Waals surface area contributed by atoms with Gasteiger partial charge in [0, 0.05) is 28.9 Å². The van der Waals surface area contributed by atoms with Crippen molar-refractivity contribution < 1.29 is 21.8 Å². The van der Waals surface area contributed by atoms with Gasteiger partial charge in [-0.25, -0.2) is 17.9 Å². The van der Waals surface area contributed by atoms with Gasteiger partial charge in [-0.3, -0.25) is 9.00 Å². The summed E-state index contributed by atoms with van der Waals surface area (Å²) in [6, 6.07) is 1.54. The van der Waals surface area contributed by atoms with E-state index in [9.17, 15) is 21.8 Å². The summed E-state index contributed by atoms with van der Waals surface area (Å²) in [4.78, 5) is 11.3. The van der Waals surface area contributed by atoms with E-state index in [1.54, 1.807) is 6.92 Å². The lowest BCUT2D eigenvalue weighted by atomic mass is 10.2. The molecular weight excluding hydrogens is 343 g/mol. The second kappa shape index (κ2) is 7.30. The highest BCUT2D eigenvalue weighted by Gasteiger charge is 2.19. The van der Waals surface area contributed by atoms with E-state index in [1.165, 1.54) is 0 Å². The SMILES string of the molecule is CCS(=O)CCNC(=O)c1cc(S(N)(=O)=O)cc(F)c1Cl. The van der Waals surface area contributed by atoms with Gasteiger partial charge in [0.2, 0.25) is 10.0 Å². The van der Waals surface area contributed by atoms with Gasteiger partial charge >= 0.3 is 0 Å². The van der Waals surface area contributed by atoms with E-state index in [0.29, 0.717) is 11.8 Å². The lowest BCUT2D eigenvalue weighted by molar-refractivity contribution is 0.0955. The minimum atomic E-state index is -4.16. The molecule has 0 heterocycles. The molecule has 0 saturated heterocycles. The Kier molecular flexibility index (Phi) is 6.26. The van der Waals surface area contributed by atoms with Gasteiger partial charge in [0.1, 0.15) is 5.82 Å². The molecule has 0 fully saturated rings. The molecular formula is C11H14ClFN2O4S2. The van der Waals surface area contributed by atoms with Crippen LogP contribution in [0.4, 0.5) is 4.39 Å². The van der Waals surface area contributed by atoms with E-state index in [-0.39, 0.29) is 17.9 Å². The Morgan fingerprint density at radius 2 is 2.10 bits per heavy atom. The summed E-state index contributed by atoms with van der Waals surface area (Å²) in [5.74, 6) is -1.15. The molecule has 1 rings (SSSR count). The highest BCUT2D eigenvalue weighted by Crippen LogP contribution is 2.23. The van der Waals surface area contributed by atoms with Crippen molar-refractivity contribution in [2.75, 3.05) is 18.1 Å². The van der Waals surface area contributed by atoms with Crippen molar-refractivity contribution in [3.63, 3.8) is 0 Å². The number of primary sulfonamides is 1. The first kappa shape index (κ1) is 18.0. The number of halogens is 2. The second-order valence-electron chi connectivity index (χ2n) is 4.00. The summed E-state index contributed by atoms with van der Waals surface area (Å²) >= 11 is 5.65. The van der Waals surface area contributed by atoms with Gasteiger partial charge in [-0.2, -0.15) is 0 Å². The van der Waals surface area contributed by atoms with Gasteiger partial charge in [-0.15, -0.1) is 0 Å². The number of carbonyl (C=O) groups is 1. The minimum Gasteiger partial charge on any atom is -0.351 e. The molecule has 0 radical (unpaired) electrons. The minimum absolute atomic E-state index is 0.0941. The molecule has 0 saturated carbocycles. The van der Waals surface area contributed by atoms with Crippen LogP contribution < -0.4 is 10.5 Å². The van der Waals surface area contributed by atoms with E-state index >= 15 is 0 Å². The predicted octanol–water partition coefficient (Wildman–Crippen LogP) is 0.625. The molecule has 1 unspecified atom stereocenters. The number of nitrogens with one attached hydrogen (secondary N) is 1. The predicted molar refractivity (Wildman–Crippen MR) is 78.7 cm³/mol. The van der Waals surface area contributed by atoms with E-state index < -0.39 is 42.5 Å². The fourth-order valence-corrected chi connectivity index (χ4v) is 2.77. The van der Waals surface area contributed by atoms with Crippen molar-refractivity contribution in [2.45, 2.75) is 11.8 Å². The molecule has 1 atom stereocenters. The van der Waals surface area contributed by atoms with E-state index in [4.69, 9.17) is 16.7 Å². The highest BCUT2D eigenvalue weighted by atomic mass is 35.5. The van der Waals surface area contributed by atoms with Crippen molar-refractivity contribution in [1.29, 1.82) is 0 Å². The zero-order chi connectivity index (χ0) is 16.2. The fraction of sp³-hybridized carbons (Fsp3) is 0.364. The third-order valence-electron chi connectivity index (χ3n) is 2.51.